The van der Waals surface area contributed by atoms with Crippen molar-refractivity contribution in [3.63, 3.8) is 0 Å². The van der Waals surface area contributed by atoms with Gasteiger partial charge in [0.05, 0.1) is 5.56 Å². The molecule has 4 nitrogen and oxygen atoms in total. The number of aromatic amines is 1. The first-order chi connectivity index (χ1) is 7.18. The van der Waals surface area contributed by atoms with Gasteiger partial charge in [-0.3, -0.25) is 4.79 Å². The average Bonchev–Trinajstić information content (AvgIpc) is 2.63. The van der Waals surface area contributed by atoms with Gasteiger partial charge >= 0.3 is 0 Å². The lowest BCUT2D eigenvalue weighted by molar-refractivity contribution is 0.0708. The summed E-state index contributed by atoms with van der Waals surface area (Å²) in [6, 6.07) is 2.24. The number of hydrogen-bond acceptors (Lipinski definition) is 2. The Kier molecular flexibility index (Phi) is 4.38. The fourth-order valence-corrected chi connectivity index (χ4v) is 1.97. The van der Waals surface area contributed by atoms with Gasteiger partial charge in [0, 0.05) is 37.6 Å². The number of piperazine rings is 1. The van der Waals surface area contributed by atoms with Crippen LogP contribution in [0.1, 0.15) is 23.0 Å². The van der Waals surface area contributed by atoms with Crippen LogP contribution in [-0.2, 0) is 0 Å². The van der Waals surface area contributed by atoms with E-state index in [0.717, 1.165) is 30.9 Å². The minimum absolute atomic E-state index is 0. The molecule has 90 valence electrons. The van der Waals surface area contributed by atoms with Gasteiger partial charge in [0.1, 0.15) is 0 Å². The molecule has 0 radical (unpaired) electrons. The van der Waals surface area contributed by atoms with Crippen LogP contribution in [0.3, 0.4) is 0 Å². The van der Waals surface area contributed by atoms with Gasteiger partial charge in [-0.1, -0.05) is 0 Å². The van der Waals surface area contributed by atoms with Crippen molar-refractivity contribution in [2.45, 2.75) is 19.9 Å². The van der Waals surface area contributed by atoms with E-state index in [4.69, 9.17) is 0 Å². The Morgan fingerprint density at radius 3 is 2.88 bits per heavy atom. The number of halogens is 1. The highest BCUT2D eigenvalue weighted by atomic mass is 35.5. The lowest BCUT2D eigenvalue weighted by Crippen LogP contribution is -2.51. The van der Waals surface area contributed by atoms with Crippen LogP contribution >= 0.6 is 12.4 Å². The minimum atomic E-state index is 0. The topological polar surface area (TPSA) is 48.1 Å². The molecule has 1 saturated heterocycles. The minimum Gasteiger partial charge on any atom is -0.365 e. The Morgan fingerprint density at radius 2 is 2.31 bits per heavy atom. The van der Waals surface area contributed by atoms with Crippen molar-refractivity contribution in [2.24, 2.45) is 0 Å². The van der Waals surface area contributed by atoms with Crippen LogP contribution in [0.2, 0.25) is 0 Å². The first-order valence-corrected chi connectivity index (χ1v) is 5.35. The lowest BCUT2D eigenvalue weighted by Gasteiger charge is -2.31. The van der Waals surface area contributed by atoms with E-state index in [-0.39, 0.29) is 18.3 Å². The number of hydrogen-bond donors (Lipinski definition) is 2. The van der Waals surface area contributed by atoms with E-state index in [9.17, 15) is 4.79 Å². The molecular formula is C11H18ClN3O. The molecule has 16 heavy (non-hydrogen) atoms. The van der Waals surface area contributed by atoms with E-state index >= 15 is 0 Å². The van der Waals surface area contributed by atoms with Crippen LogP contribution in [0.25, 0.3) is 0 Å². The van der Waals surface area contributed by atoms with Crippen LogP contribution in [-0.4, -0.2) is 41.5 Å². The van der Waals surface area contributed by atoms with E-state index in [0.29, 0.717) is 6.04 Å². The number of nitrogens with zero attached hydrogens (tertiary/aromatic N) is 1. The molecule has 1 aromatic rings. The number of H-pyrrole nitrogens is 1. The van der Waals surface area contributed by atoms with Gasteiger partial charge in [-0.2, -0.15) is 0 Å². The van der Waals surface area contributed by atoms with Gasteiger partial charge in [0.2, 0.25) is 0 Å². The summed E-state index contributed by atoms with van der Waals surface area (Å²) in [5.74, 6) is 0.141. The fourth-order valence-electron chi connectivity index (χ4n) is 1.97. The highest BCUT2D eigenvalue weighted by Crippen LogP contribution is 2.10. The second kappa shape index (κ2) is 5.37. The summed E-state index contributed by atoms with van der Waals surface area (Å²) in [4.78, 5) is 17.1. The maximum absolute atomic E-state index is 12.1. The SMILES string of the molecule is Cc1[nH]ccc1C(=O)N1CCNC(C)C1.Cl. The van der Waals surface area contributed by atoms with Crippen molar-refractivity contribution in [2.75, 3.05) is 19.6 Å². The highest BCUT2D eigenvalue weighted by Gasteiger charge is 2.22. The predicted molar refractivity (Wildman–Crippen MR) is 66.1 cm³/mol. The van der Waals surface area contributed by atoms with Crippen LogP contribution in [0.15, 0.2) is 12.3 Å². The Labute approximate surface area is 102 Å². The summed E-state index contributed by atoms with van der Waals surface area (Å²) in [6.45, 7) is 6.51. The quantitative estimate of drug-likeness (QED) is 0.778. The molecule has 2 rings (SSSR count). The van der Waals surface area contributed by atoms with Gasteiger partial charge < -0.3 is 15.2 Å². The normalized spacial score (nSPS) is 20.4. The third kappa shape index (κ3) is 2.57. The standard InChI is InChI=1S/C11H17N3O.ClH/c1-8-7-14(6-5-12-8)11(15)10-3-4-13-9(10)2;/h3-4,8,12-13H,5-7H2,1-2H3;1H. The highest BCUT2D eigenvalue weighted by molar-refractivity contribution is 5.95. The Bertz CT molecular complexity index is 364. The van der Waals surface area contributed by atoms with E-state index in [1.165, 1.54) is 0 Å². The zero-order valence-corrected chi connectivity index (χ0v) is 10.4. The average molecular weight is 244 g/mol. The van der Waals surface area contributed by atoms with Gasteiger partial charge in [-0.15, -0.1) is 12.4 Å². The molecule has 0 aromatic carbocycles. The molecule has 1 fully saturated rings. The van der Waals surface area contributed by atoms with Crippen LogP contribution < -0.4 is 5.32 Å². The van der Waals surface area contributed by atoms with Crippen LogP contribution in [0.4, 0.5) is 0 Å². The second-order valence-electron chi connectivity index (χ2n) is 4.12. The Balaban J connectivity index is 0.00000128. The molecule has 1 atom stereocenters. The van der Waals surface area contributed by atoms with Gasteiger partial charge in [0.15, 0.2) is 0 Å². The monoisotopic (exact) mass is 243 g/mol. The molecule has 1 unspecified atom stereocenters. The van der Waals surface area contributed by atoms with E-state index in [1.807, 2.05) is 24.1 Å². The number of aromatic nitrogens is 1. The number of carbonyl (C=O) groups is 1. The number of carbonyl (C=O) groups excluding carboxylic acids is 1. The van der Waals surface area contributed by atoms with E-state index in [2.05, 4.69) is 17.2 Å². The van der Waals surface area contributed by atoms with E-state index in [1.54, 1.807) is 0 Å². The third-order valence-corrected chi connectivity index (χ3v) is 2.84. The fraction of sp³-hybridized carbons (Fsp3) is 0.545. The zero-order chi connectivity index (χ0) is 10.8. The van der Waals surface area contributed by atoms with Crippen molar-refractivity contribution in [1.29, 1.82) is 0 Å². The van der Waals surface area contributed by atoms with Crippen molar-refractivity contribution in [3.8, 4) is 0 Å². The molecule has 1 aromatic heterocycles. The molecular weight excluding hydrogens is 226 g/mol. The molecule has 1 aliphatic rings. The van der Waals surface area contributed by atoms with Crippen LogP contribution in [0.5, 0.6) is 0 Å². The summed E-state index contributed by atoms with van der Waals surface area (Å²) in [5.41, 5.74) is 1.75. The van der Waals surface area contributed by atoms with Crippen molar-refractivity contribution < 1.29 is 4.79 Å². The Morgan fingerprint density at radius 1 is 1.56 bits per heavy atom. The number of aryl methyl sites for hydroxylation is 1. The van der Waals surface area contributed by atoms with Gasteiger partial charge in [-0.05, 0) is 19.9 Å². The number of amides is 1. The van der Waals surface area contributed by atoms with E-state index < -0.39 is 0 Å². The zero-order valence-electron chi connectivity index (χ0n) is 9.62. The maximum atomic E-state index is 12.1. The molecule has 0 bridgehead atoms. The molecule has 2 N–H and O–H groups in total. The summed E-state index contributed by atoms with van der Waals surface area (Å²) < 4.78 is 0. The molecule has 0 aliphatic carbocycles. The molecule has 0 spiro atoms. The number of rotatable bonds is 1. The first-order valence-electron chi connectivity index (χ1n) is 5.35. The van der Waals surface area contributed by atoms with Gasteiger partial charge in [-0.25, -0.2) is 0 Å². The molecule has 2 heterocycles. The maximum Gasteiger partial charge on any atom is 0.255 e. The molecule has 1 aliphatic heterocycles. The molecule has 0 saturated carbocycles. The van der Waals surface area contributed by atoms with Crippen molar-refractivity contribution in [3.05, 3.63) is 23.5 Å². The first kappa shape index (κ1) is 13.1. The smallest absolute Gasteiger partial charge is 0.255 e. The summed E-state index contributed by atoms with van der Waals surface area (Å²) in [7, 11) is 0. The second-order valence-corrected chi connectivity index (χ2v) is 4.12. The largest absolute Gasteiger partial charge is 0.365 e. The Hall–Kier alpha value is -1.00. The third-order valence-electron chi connectivity index (χ3n) is 2.84. The van der Waals surface area contributed by atoms with Crippen LogP contribution in [0, 0.1) is 6.92 Å². The summed E-state index contributed by atoms with van der Waals surface area (Å²) in [5, 5.41) is 3.33. The molecule has 1 amide bonds. The van der Waals surface area contributed by atoms with Gasteiger partial charge in [0.25, 0.3) is 5.91 Å². The van der Waals surface area contributed by atoms with Crippen molar-refractivity contribution in [1.82, 2.24) is 15.2 Å². The number of nitrogens with one attached hydrogen (secondary N) is 2. The summed E-state index contributed by atoms with van der Waals surface area (Å²) >= 11 is 0. The lowest BCUT2D eigenvalue weighted by atomic mass is 10.2. The summed E-state index contributed by atoms with van der Waals surface area (Å²) in [6.07, 6.45) is 1.81. The predicted octanol–water partition coefficient (Wildman–Crippen LogP) is 1.18. The van der Waals surface area contributed by atoms with Crippen molar-refractivity contribution >= 4 is 18.3 Å². The molecule has 5 heteroatoms.